The lowest BCUT2D eigenvalue weighted by Gasteiger charge is -2.17. The maximum atomic E-state index is 12.0. The molecule has 1 aromatic carbocycles. The van der Waals surface area contributed by atoms with Crippen LogP contribution in [0.2, 0.25) is 0 Å². The SMILES string of the molecule is CNCC(CCOCC(F)(F)F)Cc1ccc(OC)cc1. The van der Waals surface area contributed by atoms with Gasteiger partial charge < -0.3 is 14.8 Å². The molecule has 3 nitrogen and oxygen atoms in total. The molecule has 21 heavy (non-hydrogen) atoms. The predicted molar refractivity (Wildman–Crippen MR) is 75.6 cm³/mol. The molecule has 0 saturated heterocycles. The minimum absolute atomic E-state index is 0.113. The summed E-state index contributed by atoms with van der Waals surface area (Å²) in [6.45, 7) is -0.328. The van der Waals surface area contributed by atoms with Crippen molar-refractivity contribution in [3.8, 4) is 5.75 Å². The van der Waals surface area contributed by atoms with Gasteiger partial charge in [-0.05, 0) is 50.0 Å². The number of halogens is 3. The van der Waals surface area contributed by atoms with Crippen LogP contribution in [0.5, 0.6) is 5.75 Å². The highest BCUT2D eigenvalue weighted by atomic mass is 19.4. The van der Waals surface area contributed by atoms with Crippen LogP contribution in [-0.4, -0.2) is 40.1 Å². The van der Waals surface area contributed by atoms with Crippen molar-refractivity contribution in [1.82, 2.24) is 5.32 Å². The number of alkyl halides is 3. The molecule has 1 aromatic rings. The van der Waals surface area contributed by atoms with E-state index in [9.17, 15) is 13.2 Å². The average Bonchev–Trinajstić information content (AvgIpc) is 2.43. The molecular weight excluding hydrogens is 283 g/mol. The van der Waals surface area contributed by atoms with Gasteiger partial charge in [0, 0.05) is 6.61 Å². The van der Waals surface area contributed by atoms with E-state index in [1.165, 1.54) is 0 Å². The summed E-state index contributed by atoms with van der Waals surface area (Å²) < 4.78 is 45.8. The second-order valence-electron chi connectivity index (χ2n) is 4.93. The quantitative estimate of drug-likeness (QED) is 0.711. The largest absolute Gasteiger partial charge is 0.497 e. The Kier molecular flexibility index (Phi) is 7.53. The van der Waals surface area contributed by atoms with Crippen LogP contribution in [0, 0.1) is 5.92 Å². The molecule has 0 radical (unpaired) electrons. The maximum Gasteiger partial charge on any atom is 0.411 e. The van der Waals surface area contributed by atoms with Gasteiger partial charge in [0.1, 0.15) is 12.4 Å². The van der Waals surface area contributed by atoms with Crippen LogP contribution < -0.4 is 10.1 Å². The highest BCUT2D eigenvalue weighted by molar-refractivity contribution is 5.27. The third-order valence-electron chi connectivity index (χ3n) is 3.11. The lowest BCUT2D eigenvalue weighted by Crippen LogP contribution is -2.24. The number of rotatable bonds is 9. The summed E-state index contributed by atoms with van der Waals surface area (Å²) in [6, 6.07) is 7.70. The van der Waals surface area contributed by atoms with E-state index in [1.807, 2.05) is 31.3 Å². The number of ether oxygens (including phenoxy) is 2. The van der Waals surface area contributed by atoms with Crippen LogP contribution in [0.3, 0.4) is 0 Å². The van der Waals surface area contributed by atoms with E-state index in [2.05, 4.69) is 10.1 Å². The Morgan fingerprint density at radius 3 is 2.38 bits per heavy atom. The fraction of sp³-hybridized carbons (Fsp3) is 0.600. The van der Waals surface area contributed by atoms with E-state index >= 15 is 0 Å². The van der Waals surface area contributed by atoms with E-state index in [1.54, 1.807) is 7.11 Å². The molecule has 0 heterocycles. The van der Waals surface area contributed by atoms with Crippen molar-refractivity contribution in [3.05, 3.63) is 29.8 Å². The van der Waals surface area contributed by atoms with Crippen LogP contribution in [0.4, 0.5) is 13.2 Å². The van der Waals surface area contributed by atoms with E-state index in [4.69, 9.17) is 4.74 Å². The Labute approximate surface area is 123 Å². The number of hydrogen-bond donors (Lipinski definition) is 1. The van der Waals surface area contributed by atoms with Crippen molar-refractivity contribution in [2.24, 2.45) is 5.92 Å². The molecular formula is C15H22F3NO2. The first-order valence-corrected chi connectivity index (χ1v) is 6.86. The summed E-state index contributed by atoms with van der Waals surface area (Å²) in [7, 11) is 3.44. The highest BCUT2D eigenvalue weighted by Crippen LogP contribution is 2.18. The van der Waals surface area contributed by atoms with E-state index in [-0.39, 0.29) is 12.5 Å². The normalized spacial score (nSPS) is 13.2. The van der Waals surface area contributed by atoms with Gasteiger partial charge in [0.25, 0.3) is 0 Å². The van der Waals surface area contributed by atoms with Gasteiger partial charge in [0.2, 0.25) is 0 Å². The van der Waals surface area contributed by atoms with E-state index < -0.39 is 12.8 Å². The van der Waals surface area contributed by atoms with Crippen LogP contribution in [0.25, 0.3) is 0 Å². The molecule has 0 bridgehead atoms. The Bertz CT molecular complexity index is 393. The molecule has 6 heteroatoms. The molecule has 1 atom stereocenters. The van der Waals surface area contributed by atoms with Crippen LogP contribution in [0.15, 0.2) is 24.3 Å². The van der Waals surface area contributed by atoms with Crippen LogP contribution >= 0.6 is 0 Å². The fourth-order valence-electron chi connectivity index (χ4n) is 2.10. The molecule has 0 saturated carbocycles. The van der Waals surface area contributed by atoms with Crippen molar-refractivity contribution in [2.45, 2.75) is 19.0 Å². The number of nitrogens with one attached hydrogen (secondary N) is 1. The molecule has 0 aliphatic heterocycles. The maximum absolute atomic E-state index is 12.0. The second-order valence-corrected chi connectivity index (χ2v) is 4.93. The lowest BCUT2D eigenvalue weighted by atomic mass is 9.96. The molecule has 0 aromatic heterocycles. The van der Waals surface area contributed by atoms with Gasteiger partial charge >= 0.3 is 6.18 Å². The summed E-state index contributed by atoms with van der Waals surface area (Å²) in [5.74, 6) is 1.02. The minimum Gasteiger partial charge on any atom is -0.497 e. The Hall–Kier alpha value is -1.27. The van der Waals surface area contributed by atoms with Gasteiger partial charge in [0.15, 0.2) is 0 Å². The zero-order valence-electron chi connectivity index (χ0n) is 12.4. The molecule has 0 spiro atoms. The van der Waals surface area contributed by atoms with Gasteiger partial charge in [-0.2, -0.15) is 13.2 Å². The van der Waals surface area contributed by atoms with E-state index in [0.717, 1.165) is 24.3 Å². The standard InChI is InChI=1S/C15H22F3NO2/c1-19-10-13(7-8-21-11-15(16,17)18)9-12-3-5-14(20-2)6-4-12/h3-6,13,19H,7-11H2,1-2H3. The number of benzene rings is 1. The van der Waals surface area contributed by atoms with Crippen LogP contribution in [0.1, 0.15) is 12.0 Å². The minimum atomic E-state index is -4.26. The third kappa shape index (κ3) is 7.92. The first-order valence-electron chi connectivity index (χ1n) is 6.86. The first-order chi connectivity index (χ1) is 9.94. The molecule has 0 aliphatic carbocycles. The van der Waals surface area contributed by atoms with Crippen molar-refractivity contribution >= 4 is 0 Å². The summed E-state index contributed by atoms with van der Waals surface area (Å²) in [6.07, 6.45) is -2.88. The summed E-state index contributed by atoms with van der Waals surface area (Å²) in [5.41, 5.74) is 1.13. The van der Waals surface area contributed by atoms with Gasteiger partial charge in [-0.1, -0.05) is 12.1 Å². The zero-order valence-corrected chi connectivity index (χ0v) is 12.4. The smallest absolute Gasteiger partial charge is 0.411 e. The Morgan fingerprint density at radius 1 is 1.19 bits per heavy atom. The summed E-state index contributed by atoms with van der Waals surface area (Å²) in [4.78, 5) is 0. The molecule has 0 fully saturated rings. The second kappa shape index (κ2) is 8.89. The predicted octanol–water partition coefficient (Wildman–Crippen LogP) is 3.04. The van der Waals surface area contributed by atoms with Gasteiger partial charge in [0.05, 0.1) is 7.11 Å². The van der Waals surface area contributed by atoms with Gasteiger partial charge in [-0.15, -0.1) is 0 Å². The van der Waals surface area contributed by atoms with Gasteiger partial charge in [-0.3, -0.25) is 0 Å². The monoisotopic (exact) mass is 305 g/mol. The van der Waals surface area contributed by atoms with Crippen molar-refractivity contribution in [2.75, 3.05) is 33.9 Å². The highest BCUT2D eigenvalue weighted by Gasteiger charge is 2.27. The van der Waals surface area contributed by atoms with Crippen molar-refractivity contribution in [1.29, 1.82) is 0 Å². The third-order valence-corrected chi connectivity index (χ3v) is 3.11. The molecule has 1 rings (SSSR count). The number of methoxy groups -OCH3 is 1. The molecule has 1 N–H and O–H groups in total. The molecule has 0 amide bonds. The molecule has 1 unspecified atom stereocenters. The Balaban J connectivity index is 2.41. The van der Waals surface area contributed by atoms with Gasteiger partial charge in [-0.25, -0.2) is 0 Å². The fourth-order valence-corrected chi connectivity index (χ4v) is 2.10. The summed E-state index contributed by atoms with van der Waals surface area (Å²) >= 11 is 0. The van der Waals surface area contributed by atoms with Crippen molar-refractivity contribution < 1.29 is 22.6 Å². The summed E-state index contributed by atoms with van der Waals surface area (Å²) in [5, 5.41) is 3.07. The lowest BCUT2D eigenvalue weighted by molar-refractivity contribution is -0.174. The first kappa shape index (κ1) is 17.8. The topological polar surface area (TPSA) is 30.5 Å². The van der Waals surface area contributed by atoms with Crippen molar-refractivity contribution in [3.63, 3.8) is 0 Å². The average molecular weight is 305 g/mol. The van der Waals surface area contributed by atoms with E-state index in [0.29, 0.717) is 6.42 Å². The zero-order chi connectivity index (χ0) is 15.7. The van der Waals surface area contributed by atoms with Crippen LogP contribution in [-0.2, 0) is 11.2 Å². The Morgan fingerprint density at radius 2 is 1.86 bits per heavy atom. The molecule has 0 aliphatic rings. The number of hydrogen-bond acceptors (Lipinski definition) is 3. The molecule has 120 valence electrons.